The van der Waals surface area contributed by atoms with Crippen molar-refractivity contribution in [2.45, 2.75) is 0 Å². The van der Waals surface area contributed by atoms with Crippen molar-refractivity contribution in [1.29, 1.82) is 0 Å². The molecule has 0 aliphatic heterocycles. The van der Waals surface area contributed by atoms with E-state index in [-0.39, 0.29) is 0 Å². The van der Waals surface area contributed by atoms with Crippen molar-refractivity contribution in [1.82, 2.24) is 0 Å². The summed E-state index contributed by atoms with van der Waals surface area (Å²) >= 11 is 0. The van der Waals surface area contributed by atoms with Crippen LogP contribution in [0.2, 0.25) is 0 Å². The number of fused-ring (bicyclic) bond motifs is 2. The van der Waals surface area contributed by atoms with E-state index in [9.17, 15) is 0 Å². The van der Waals surface area contributed by atoms with E-state index in [1.54, 1.807) is 0 Å². The molecule has 8 aromatic carbocycles. The summed E-state index contributed by atoms with van der Waals surface area (Å²) in [5.41, 5.74) is 9.06. The van der Waals surface area contributed by atoms with E-state index in [0.717, 1.165) is 22.7 Å². The molecule has 8 rings (SSSR count). The highest BCUT2D eigenvalue weighted by atomic mass is 15.6. The molecule has 0 spiro atoms. The first-order valence-corrected chi connectivity index (χ1v) is 15.7. The van der Waals surface area contributed by atoms with Crippen LogP contribution in [0.4, 0.5) is 22.7 Å². The average Bonchev–Trinajstić information content (AvgIpc) is 3.14. The molecule has 0 saturated heterocycles. The Morgan fingerprint density at radius 3 is 0.935 bits per heavy atom. The quantitative estimate of drug-likeness (QED) is 0.171. The summed E-state index contributed by atoms with van der Waals surface area (Å²) in [5, 5.41) is 9.51. The number of anilines is 4. The zero-order chi connectivity index (χ0) is 30.7. The summed E-state index contributed by atoms with van der Waals surface area (Å²) in [7, 11) is 0. The van der Waals surface area contributed by atoms with Gasteiger partial charge in [-0.2, -0.15) is 0 Å². The molecule has 8 aromatic rings. The molecule has 0 aliphatic carbocycles. The van der Waals surface area contributed by atoms with Gasteiger partial charge < -0.3 is 0 Å². The van der Waals surface area contributed by atoms with Crippen LogP contribution >= 0.6 is 0 Å². The number of hydrogen-bond donors (Lipinski definition) is 0. The van der Waals surface area contributed by atoms with Crippen molar-refractivity contribution < 1.29 is 0 Å². The van der Waals surface area contributed by atoms with E-state index < -0.39 is 0 Å². The largest absolute Gasteiger partial charge is 0.249 e. The van der Waals surface area contributed by atoms with Gasteiger partial charge in [0, 0.05) is 0 Å². The SMILES string of the molecule is c1ccc(-c2ccc(N(c3ccc(-c4ccccc4)cc3)N(c3ccc4ccccc4c3)c3ccc4ccccc4c3)cc2)cc1. The summed E-state index contributed by atoms with van der Waals surface area (Å²) in [6.45, 7) is 0. The topological polar surface area (TPSA) is 6.48 Å². The van der Waals surface area contributed by atoms with Crippen LogP contribution in [0.15, 0.2) is 194 Å². The van der Waals surface area contributed by atoms with E-state index in [4.69, 9.17) is 0 Å². The summed E-state index contributed by atoms with van der Waals surface area (Å²) in [5.74, 6) is 0. The molecule has 0 aliphatic rings. The average molecular weight is 589 g/mol. The van der Waals surface area contributed by atoms with E-state index in [1.807, 2.05) is 0 Å². The van der Waals surface area contributed by atoms with Gasteiger partial charge in [0.1, 0.15) is 0 Å². The Balaban J connectivity index is 1.33. The standard InChI is InChI=1S/C44H32N2/c1-3-11-33(12-4-1)37-19-25-41(26-20-37)45(42-27-21-38(22-28-42)34-13-5-2-6-14-34)46(43-29-23-35-15-7-9-17-39(35)31-43)44-30-24-36-16-8-10-18-40(36)32-44/h1-32H. The molecule has 46 heavy (non-hydrogen) atoms. The normalized spacial score (nSPS) is 11.0. The van der Waals surface area contributed by atoms with Gasteiger partial charge in [-0.05, 0) is 92.3 Å². The van der Waals surface area contributed by atoms with Crippen molar-refractivity contribution in [3.63, 3.8) is 0 Å². The van der Waals surface area contributed by atoms with Crippen LogP contribution in [0.1, 0.15) is 0 Å². The van der Waals surface area contributed by atoms with Gasteiger partial charge in [0.25, 0.3) is 0 Å². The van der Waals surface area contributed by atoms with Crippen molar-refractivity contribution >= 4 is 44.3 Å². The Hall–Kier alpha value is -6.12. The number of benzene rings is 8. The predicted octanol–water partition coefficient (Wildman–Crippen LogP) is 12.2. The Morgan fingerprint density at radius 2 is 0.522 bits per heavy atom. The third kappa shape index (κ3) is 5.38. The lowest BCUT2D eigenvalue weighted by Crippen LogP contribution is -2.35. The first-order valence-electron chi connectivity index (χ1n) is 15.7. The first-order chi connectivity index (χ1) is 22.8. The number of hydrazine groups is 1. The van der Waals surface area contributed by atoms with Crippen LogP contribution in [0.5, 0.6) is 0 Å². The number of hydrogen-bond acceptors (Lipinski definition) is 2. The maximum Gasteiger partial charge on any atom is 0.0643 e. The second-order valence-corrected chi connectivity index (χ2v) is 11.5. The molecule has 0 amide bonds. The van der Waals surface area contributed by atoms with Crippen LogP contribution in [-0.2, 0) is 0 Å². The molecular weight excluding hydrogens is 556 g/mol. The zero-order valence-electron chi connectivity index (χ0n) is 25.4. The van der Waals surface area contributed by atoms with Crippen molar-refractivity contribution in [2.75, 3.05) is 10.0 Å². The number of nitrogens with zero attached hydrogens (tertiary/aromatic N) is 2. The summed E-state index contributed by atoms with van der Waals surface area (Å²) in [6, 6.07) is 69.4. The highest BCUT2D eigenvalue weighted by Crippen LogP contribution is 2.40. The van der Waals surface area contributed by atoms with Gasteiger partial charge in [-0.25, -0.2) is 10.0 Å². The Bertz CT molecular complexity index is 2080. The van der Waals surface area contributed by atoms with E-state index in [1.165, 1.54) is 43.8 Å². The van der Waals surface area contributed by atoms with Gasteiger partial charge in [-0.15, -0.1) is 0 Å². The second kappa shape index (κ2) is 12.1. The van der Waals surface area contributed by atoms with E-state index in [2.05, 4.69) is 204 Å². The third-order valence-electron chi connectivity index (χ3n) is 8.59. The van der Waals surface area contributed by atoms with E-state index in [0.29, 0.717) is 0 Å². The van der Waals surface area contributed by atoms with Crippen LogP contribution < -0.4 is 10.0 Å². The molecule has 0 aromatic heterocycles. The molecule has 0 N–H and O–H groups in total. The minimum Gasteiger partial charge on any atom is -0.249 e. The predicted molar refractivity (Wildman–Crippen MR) is 196 cm³/mol. The lowest BCUT2D eigenvalue weighted by molar-refractivity contribution is 0.993. The van der Waals surface area contributed by atoms with Gasteiger partial charge in [0.2, 0.25) is 0 Å². The fourth-order valence-corrected chi connectivity index (χ4v) is 6.23. The van der Waals surface area contributed by atoms with Crippen LogP contribution in [0.25, 0.3) is 43.8 Å². The summed E-state index contributed by atoms with van der Waals surface area (Å²) < 4.78 is 0. The monoisotopic (exact) mass is 588 g/mol. The molecule has 2 nitrogen and oxygen atoms in total. The molecule has 2 heteroatoms. The van der Waals surface area contributed by atoms with Gasteiger partial charge >= 0.3 is 0 Å². The fraction of sp³-hybridized carbons (Fsp3) is 0. The third-order valence-corrected chi connectivity index (χ3v) is 8.59. The minimum absolute atomic E-state index is 1.06. The summed E-state index contributed by atoms with van der Waals surface area (Å²) in [6.07, 6.45) is 0. The Morgan fingerprint density at radius 1 is 0.217 bits per heavy atom. The highest BCUT2D eigenvalue weighted by molar-refractivity contribution is 5.92. The van der Waals surface area contributed by atoms with Crippen molar-refractivity contribution in [3.05, 3.63) is 194 Å². The molecule has 218 valence electrons. The molecule has 0 heterocycles. The Labute approximate surface area is 270 Å². The molecule has 0 fully saturated rings. The molecule has 0 unspecified atom stereocenters. The smallest absolute Gasteiger partial charge is 0.0643 e. The molecule has 0 radical (unpaired) electrons. The maximum atomic E-state index is 2.34. The molecule has 0 saturated carbocycles. The number of rotatable bonds is 7. The lowest BCUT2D eigenvalue weighted by Gasteiger charge is -2.39. The lowest BCUT2D eigenvalue weighted by atomic mass is 10.0. The van der Waals surface area contributed by atoms with Gasteiger partial charge in [-0.1, -0.05) is 146 Å². The van der Waals surface area contributed by atoms with Crippen LogP contribution in [0.3, 0.4) is 0 Å². The van der Waals surface area contributed by atoms with Crippen molar-refractivity contribution in [2.24, 2.45) is 0 Å². The first kappa shape index (κ1) is 27.4. The van der Waals surface area contributed by atoms with Crippen LogP contribution in [-0.4, -0.2) is 0 Å². The Kier molecular flexibility index (Phi) is 7.22. The summed E-state index contributed by atoms with van der Waals surface area (Å²) in [4.78, 5) is 0. The maximum absolute atomic E-state index is 2.34. The van der Waals surface area contributed by atoms with E-state index >= 15 is 0 Å². The fourth-order valence-electron chi connectivity index (χ4n) is 6.23. The van der Waals surface area contributed by atoms with Gasteiger partial charge in [-0.3, -0.25) is 0 Å². The minimum atomic E-state index is 1.06. The van der Waals surface area contributed by atoms with Crippen LogP contribution in [0, 0.1) is 0 Å². The van der Waals surface area contributed by atoms with Crippen molar-refractivity contribution in [3.8, 4) is 22.3 Å². The molecule has 0 bridgehead atoms. The molecular formula is C44H32N2. The van der Waals surface area contributed by atoms with Gasteiger partial charge in [0.05, 0.1) is 22.7 Å². The van der Waals surface area contributed by atoms with Gasteiger partial charge in [0.15, 0.2) is 0 Å². The second-order valence-electron chi connectivity index (χ2n) is 11.5. The zero-order valence-corrected chi connectivity index (χ0v) is 25.4. The highest BCUT2D eigenvalue weighted by Gasteiger charge is 2.22. The molecule has 0 atom stereocenters.